The fraction of sp³-hybridized carbons (Fsp3) is 0.500. The number of esters is 1. The molecule has 0 saturated carbocycles. The Kier molecular flexibility index (Phi) is 4.68. The minimum absolute atomic E-state index is 0.0596. The molecule has 2 N–H and O–H groups in total. The number of hydrogen-bond acceptors (Lipinski definition) is 6. The first-order valence-corrected chi connectivity index (χ1v) is 5.55. The molecule has 0 bridgehead atoms. The molecule has 0 spiro atoms. The second-order valence-electron chi connectivity index (χ2n) is 3.78. The molecule has 19 heavy (non-hydrogen) atoms. The molecule has 0 aromatic heterocycles. The molecular formula is C12H16O7. The van der Waals surface area contributed by atoms with E-state index in [0.29, 0.717) is 0 Å². The van der Waals surface area contributed by atoms with Crippen molar-refractivity contribution in [2.75, 3.05) is 20.8 Å². The van der Waals surface area contributed by atoms with Gasteiger partial charge in [0.1, 0.15) is 11.9 Å². The summed E-state index contributed by atoms with van der Waals surface area (Å²) in [5, 5.41) is 19.4. The molecule has 0 aromatic carbocycles. The Morgan fingerprint density at radius 1 is 1.42 bits per heavy atom. The van der Waals surface area contributed by atoms with Gasteiger partial charge in [0.25, 0.3) is 0 Å². The highest BCUT2D eigenvalue weighted by Crippen LogP contribution is 2.32. The summed E-state index contributed by atoms with van der Waals surface area (Å²) in [5.74, 6) is -2.42. The van der Waals surface area contributed by atoms with E-state index in [2.05, 4.69) is 0 Å². The van der Waals surface area contributed by atoms with Crippen molar-refractivity contribution in [1.82, 2.24) is 0 Å². The molecule has 1 rings (SSSR count). The summed E-state index contributed by atoms with van der Waals surface area (Å²) in [6.45, 7) is 1.64. The van der Waals surface area contributed by atoms with Gasteiger partial charge in [0.2, 0.25) is 5.60 Å². The molecule has 0 saturated heterocycles. The molecule has 0 fully saturated rings. The average Bonchev–Trinajstić information content (AvgIpc) is 2.38. The number of carbonyl (C=O) groups excluding carboxylic acids is 1. The Bertz CT molecular complexity index is 437. The van der Waals surface area contributed by atoms with E-state index in [1.54, 1.807) is 6.92 Å². The molecule has 1 aliphatic carbocycles. The minimum atomic E-state index is -2.20. The lowest BCUT2D eigenvalue weighted by Crippen LogP contribution is -2.54. The third kappa shape index (κ3) is 2.61. The van der Waals surface area contributed by atoms with Crippen molar-refractivity contribution in [3.05, 3.63) is 23.5 Å². The Balaban J connectivity index is 3.27. The summed E-state index contributed by atoms with van der Waals surface area (Å²) < 4.78 is 14.7. The van der Waals surface area contributed by atoms with Crippen LogP contribution >= 0.6 is 0 Å². The summed E-state index contributed by atoms with van der Waals surface area (Å²) in [4.78, 5) is 22.8. The van der Waals surface area contributed by atoms with Gasteiger partial charge in [-0.05, 0) is 19.1 Å². The first kappa shape index (κ1) is 15.2. The van der Waals surface area contributed by atoms with Crippen LogP contribution in [-0.4, -0.2) is 54.7 Å². The molecule has 106 valence electrons. The van der Waals surface area contributed by atoms with Crippen molar-refractivity contribution in [1.29, 1.82) is 0 Å². The predicted molar refractivity (Wildman–Crippen MR) is 63.2 cm³/mol. The molecule has 1 aliphatic rings. The van der Waals surface area contributed by atoms with Gasteiger partial charge in [-0.1, -0.05) is 0 Å². The van der Waals surface area contributed by atoms with Crippen molar-refractivity contribution in [2.24, 2.45) is 0 Å². The molecular weight excluding hydrogens is 256 g/mol. The van der Waals surface area contributed by atoms with Crippen molar-refractivity contribution in [2.45, 2.75) is 18.6 Å². The lowest BCUT2D eigenvalue weighted by atomic mass is 9.87. The van der Waals surface area contributed by atoms with E-state index >= 15 is 0 Å². The average molecular weight is 272 g/mol. The zero-order valence-corrected chi connectivity index (χ0v) is 10.9. The predicted octanol–water partition coefficient (Wildman–Crippen LogP) is -0.150. The number of ether oxygens (including phenoxy) is 3. The van der Waals surface area contributed by atoms with Crippen molar-refractivity contribution < 1.29 is 34.0 Å². The second kappa shape index (κ2) is 5.85. The van der Waals surface area contributed by atoms with Gasteiger partial charge in [-0.3, -0.25) is 0 Å². The van der Waals surface area contributed by atoms with Gasteiger partial charge in [0, 0.05) is 7.11 Å². The van der Waals surface area contributed by atoms with Crippen molar-refractivity contribution in [3.8, 4) is 0 Å². The maximum Gasteiger partial charge on any atom is 0.349 e. The Labute approximate surface area is 110 Å². The van der Waals surface area contributed by atoms with Crippen LogP contribution < -0.4 is 0 Å². The van der Waals surface area contributed by atoms with Gasteiger partial charge < -0.3 is 24.4 Å². The van der Waals surface area contributed by atoms with E-state index in [-0.39, 0.29) is 17.9 Å². The monoisotopic (exact) mass is 272 g/mol. The van der Waals surface area contributed by atoms with Crippen molar-refractivity contribution in [3.63, 3.8) is 0 Å². The number of carboxylic acid groups (broad SMARTS) is 1. The summed E-state index contributed by atoms with van der Waals surface area (Å²) >= 11 is 0. The maximum absolute atomic E-state index is 11.9. The largest absolute Gasteiger partial charge is 0.497 e. The maximum atomic E-state index is 11.9. The van der Waals surface area contributed by atoms with E-state index < -0.39 is 23.6 Å². The van der Waals surface area contributed by atoms with Crippen LogP contribution in [-0.2, 0) is 23.8 Å². The smallest absolute Gasteiger partial charge is 0.349 e. The minimum Gasteiger partial charge on any atom is -0.497 e. The van der Waals surface area contributed by atoms with Gasteiger partial charge in [0.15, 0.2) is 0 Å². The normalized spacial score (nSPS) is 26.2. The van der Waals surface area contributed by atoms with E-state index in [4.69, 9.17) is 19.3 Å². The highest BCUT2D eigenvalue weighted by molar-refractivity contribution is 5.93. The van der Waals surface area contributed by atoms with Crippen LogP contribution in [0.15, 0.2) is 23.5 Å². The topological polar surface area (TPSA) is 102 Å². The van der Waals surface area contributed by atoms with Gasteiger partial charge in [-0.15, -0.1) is 0 Å². The van der Waals surface area contributed by atoms with Gasteiger partial charge >= 0.3 is 11.9 Å². The standard InChI is InChI=1S/C12H16O7/c1-4-19-11(15)12(16)8(17-2)5-7(10(13)14)6-9(12)18-3/h5-6,8,16H,4H2,1-3H3,(H,13,14). The number of carboxylic acids is 1. The molecule has 2 atom stereocenters. The first-order valence-electron chi connectivity index (χ1n) is 5.55. The summed E-state index contributed by atoms with van der Waals surface area (Å²) in [5.41, 5.74) is -2.34. The van der Waals surface area contributed by atoms with E-state index in [9.17, 15) is 14.7 Å². The zero-order chi connectivity index (χ0) is 14.6. The fourth-order valence-corrected chi connectivity index (χ4v) is 1.77. The van der Waals surface area contributed by atoms with E-state index in [1.165, 1.54) is 14.2 Å². The lowest BCUT2D eigenvalue weighted by molar-refractivity contribution is -0.176. The third-order valence-corrected chi connectivity index (χ3v) is 2.71. The number of aliphatic carboxylic acids is 1. The molecule has 2 unspecified atom stereocenters. The summed E-state index contributed by atoms with van der Waals surface area (Å²) in [6, 6.07) is 0. The molecule has 0 aromatic rings. The number of aliphatic hydroxyl groups is 1. The van der Waals surface area contributed by atoms with Crippen LogP contribution in [0.3, 0.4) is 0 Å². The van der Waals surface area contributed by atoms with Gasteiger partial charge in [-0.2, -0.15) is 0 Å². The molecule has 7 nitrogen and oxygen atoms in total. The number of hydrogen-bond donors (Lipinski definition) is 2. The molecule has 0 heterocycles. The Morgan fingerprint density at radius 3 is 2.47 bits per heavy atom. The first-order chi connectivity index (χ1) is 8.91. The quantitative estimate of drug-likeness (QED) is 0.671. The highest BCUT2D eigenvalue weighted by atomic mass is 16.6. The second-order valence-corrected chi connectivity index (χ2v) is 3.78. The number of carbonyl (C=O) groups is 2. The van der Waals surface area contributed by atoms with Crippen LogP contribution in [0.25, 0.3) is 0 Å². The lowest BCUT2D eigenvalue weighted by Gasteiger charge is -2.34. The summed E-state index contributed by atoms with van der Waals surface area (Å²) in [7, 11) is 2.46. The molecule has 0 aliphatic heterocycles. The molecule has 0 amide bonds. The van der Waals surface area contributed by atoms with Crippen molar-refractivity contribution >= 4 is 11.9 Å². The Morgan fingerprint density at radius 2 is 2.05 bits per heavy atom. The summed E-state index contributed by atoms with van der Waals surface area (Å²) in [6.07, 6.45) is 0.980. The zero-order valence-electron chi connectivity index (χ0n) is 10.9. The van der Waals surface area contributed by atoms with E-state index in [1.807, 2.05) is 0 Å². The Hall–Kier alpha value is -1.86. The van der Waals surface area contributed by atoms with Crippen LogP contribution in [0.1, 0.15) is 6.92 Å². The van der Waals surface area contributed by atoms with Crippen LogP contribution in [0.2, 0.25) is 0 Å². The molecule has 0 radical (unpaired) electrons. The fourth-order valence-electron chi connectivity index (χ4n) is 1.77. The van der Waals surface area contributed by atoms with Gasteiger partial charge in [0.05, 0.1) is 19.3 Å². The van der Waals surface area contributed by atoms with Crippen LogP contribution in [0, 0.1) is 0 Å². The van der Waals surface area contributed by atoms with Crippen LogP contribution in [0.4, 0.5) is 0 Å². The van der Waals surface area contributed by atoms with E-state index in [0.717, 1.165) is 12.2 Å². The third-order valence-electron chi connectivity index (χ3n) is 2.71. The SMILES string of the molecule is CCOC(=O)C1(O)C(OC)=CC(C(=O)O)=CC1OC. The van der Waals surface area contributed by atoms with Crippen LogP contribution in [0.5, 0.6) is 0 Å². The molecule has 7 heteroatoms. The number of rotatable bonds is 5. The van der Waals surface area contributed by atoms with Gasteiger partial charge in [-0.25, -0.2) is 9.59 Å². The number of methoxy groups -OCH3 is 2. The highest BCUT2D eigenvalue weighted by Gasteiger charge is 2.52.